The lowest BCUT2D eigenvalue weighted by molar-refractivity contribution is -0.142. The molecule has 2 aliphatic heterocycles. The Balaban J connectivity index is 1.48. The van der Waals surface area contributed by atoms with Crippen LogP contribution in [0.1, 0.15) is 54.1 Å². The zero-order valence-electron chi connectivity index (χ0n) is 20.8. The SMILES string of the molecule is COc1ccc(-c2nccc([C@@H]3CCCN3C(=O)C3(c4cc(C)cc(C)c4)CCOCC3)n2)cc1. The molecule has 2 aromatic carbocycles. The number of carbonyl (C=O) groups excluding carboxylic acids is 1. The van der Waals surface area contributed by atoms with Crippen molar-refractivity contribution >= 4 is 5.91 Å². The standard InChI is InChI=1S/C29H33N3O3/c1-20-17-21(2)19-23(18-20)29(11-15-35-16-12-29)28(33)32-14-4-5-26(32)25-10-13-30-27(31-25)22-6-8-24(34-3)9-7-22/h6-10,13,17-19,26H,4-5,11-12,14-16H2,1-3H3/t26-/m0/s1. The number of aromatic nitrogens is 2. The van der Waals surface area contributed by atoms with Crippen molar-refractivity contribution in [2.75, 3.05) is 26.9 Å². The van der Waals surface area contributed by atoms with Crippen LogP contribution >= 0.6 is 0 Å². The van der Waals surface area contributed by atoms with Crippen molar-refractivity contribution < 1.29 is 14.3 Å². The van der Waals surface area contributed by atoms with Gasteiger partial charge in [0.05, 0.1) is 24.3 Å². The first-order valence-electron chi connectivity index (χ1n) is 12.5. The van der Waals surface area contributed by atoms with Gasteiger partial charge in [-0.05, 0) is 75.4 Å². The van der Waals surface area contributed by atoms with Crippen LogP contribution in [-0.2, 0) is 14.9 Å². The highest BCUT2D eigenvalue weighted by Crippen LogP contribution is 2.42. The summed E-state index contributed by atoms with van der Waals surface area (Å²) in [7, 11) is 1.65. The van der Waals surface area contributed by atoms with E-state index in [1.54, 1.807) is 13.3 Å². The number of ether oxygens (including phenoxy) is 2. The van der Waals surface area contributed by atoms with E-state index in [2.05, 4.69) is 41.9 Å². The van der Waals surface area contributed by atoms with Crippen LogP contribution < -0.4 is 4.74 Å². The maximum Gasteiger partial charge on any atom is 0.233 e. The van der Waals surface area contributed by atoms with Gasteiger partial charge in [0.15, 0.2) is 5.82 Å². The number of hydrogen-bond donors (Lipinski definition) is 0. The Kier molecular flexibility index (Phi) is 6.56. The molecule has 1 amide bonds. The van der Waals surface area contributed by atoms with Crippen molar-refractivity contribution in [2.24, 2.45) is 0 Å². The first-order valence-corrected chi connectivity index (χ1v) is 12.5. The third-order valence-corrected chi connectivity index (χ3v) is 7.41. The van der Waals surface area contributed by atoms with E-state index < -0.39 is 5.41 Å². The minimum atomic E-state index is -0.552. The van der Waals surface area contributed by atoms with Crippen LogP contribution in [0.3, 0.4) is 0 Å². The number of benzene rings is 2. The Morgan fingerprint density at radius 2 is 1.77 bits per heavy atom. The highest BCUT2D eigenvalue weighted by molar-refractivity contribution is 5.89. The molecule has 5 rings (SSSR count). The highest BCUT2D eigenvalue weighted by atomic mass is 16.5. The Morgan fingerprint density at radius 1 is 1.06 bits per heavy atom. The number of likely N-dealkylation sites (tertiary alicyclic amines) is 1. The Labute approximate surface area is 207 Å². The van der Waals surface area contributed by atoms with Gasteiger partial charge in [-0.1, -0.05) is 29.3 Å². The van der Waals surface area contributed by atoms with Crippen LogP contribution in [0.5, 0.6) is 5.75 Å². The molecule has 0 aliphatic carbocycles. The lowest BCUT2D eigenvalue weighted by Gasteiger charge is -2.41. The fraction of sp³-hybridized carbons (Fsp3) is 0.414. The molecule has 0 radical (unpaired) electrons. The van der Waals surface area contributed by atoms with Gasteiger partial charge in [0.1, 0.15) is 5.75 Å². The summed E-state index contributed by atoms with van der Waals surface area (Å²) in [5.41, 5.74) is 4.78. The molecule has 0 unspecified atom stereocenters. The highest BCUT2D eigenvalue weighted by Gasteiger charge is 2.47. The van der Waals surface area contributed by atoms with Crippen molar-refractivity contribution in [1.29, 1.82) is 0 Å². The molecule has 35 heavy (non-hydrogen) atoms. The first-order chi connectivity index (χ1) is 17.0. The number of aryl methyl sites for hydroxylation is 2. The average Bonchev–Trinajstić information content (AvgIpc) is 3.38. The molecule has 6 nitrogen and oxygen atoms in total. The summed E-state index contributed by atoms with van der Waals surface area (Å²) < 4.78 is 11.0. The molecule has 2 fully saturated rings. The normalized spacial score (nSPS) is 19.5. The van der Waals surface area contributed by atoms with Gasteiger partial charge in [0.2, 0.25) is 5.91 Å². The molecular weight excluding hydrogens is 438 g/mol. The summed E-state index contributed by atoms with van der Waals surface area (Å²) in [5.74, 6) is 1.67. The van der Waals surface area contributed by atoms with Gasteiger partial charge in [0.25, 0.3) is 0 Å². The molecule has 3 aromatic rings. The number of rotatable bonds is 5. The molecule has 0 spiro atoms. The molecule has 0 N–H and O–H groups in total. The van der Waals surface area contributed by atoms with Crippen molar-refractivity contribution in [2.45, 2.75) is 51.0 Å². The maximum absolute atomic E-state index is 14.4. The third kappa shape index (κ3) is 4.55. The Hall–Kier alpha value is -3.25. The smallest absolute Gasteiger partial charge is 0.233 e. The fourth-order valence-corrected chi connectivity index (χ4v) is 5.63. The van der Waals surface area contributed by atoms with Gasteiger partial charge in [-0.3, -0.25) is 4.79 Å². The minimum Gasteiger partial charge on any atom is -0.497 e. The molecule has 6 heteroatoms. The molecule has 1 aromatic heterocycles. The van der Waals surface area contributed by atoms with Gasteiger partial charge in [-0.2, -0.15) is 0 Å². The van der Waals surface area contributed by atoms with Crippen molar-refractivity contribution in [3.8, 4) is 17.1 Å². The Morgan fingerprint density at radius 3 is 2.46 bits per heavy atom. The second-order valence-corrected chi connectivity index (χ2v) is 9.76. The van der Waals surface area contributed by atoms with Crippen LogP contribution in [-0.4, -0.2) is 47.6 Å². The number of carbonyl (C=O) groups is 1. The van der Waals surface area contributed by atoms with Crippen molar-refractivity contribution in [3.05, 3.63) is 77.1 Å². The van der Waals surface area contributed by atoms with Gasteiger partial charge < -0.3 is 14.4 Å². The zero-order valence-corrected chi connectivity index (χ0v) is 20.8. The van der Waals surface area contributed by atoms with E-state index in [0.717, 1.165) is 42.0 Å². The summed E-state index contributed by atoms with van der Waals surface area (Å²) in [6.45, 7) is 6.17. The Bertz CT molecular complexity index is 1180. The van der Waals surface area contributed by atoms with Crippen LogP contribution in [0.25, 0.3) is 11.4 Å². The average molecular weight is 472 g/mol. The van der Waals surface area contributed by atoms with E-state index in [9.17, 15) is 4.79 Å². The van der Waals surface area contributed by atoms with E-state index in [0.29, 0.717) is 31.9 Å². The number of nitrogens with zero attached hydrogens (tertiary/aromatic N) is 3. The van der Waals surface area contributed by atoms with E-state index in [-0.39, 0.29) is 11.9 Å². The lowest BCUT2D eigenvalue weighted by Crippen LogP contribution is -2.49. The van der Waals surface area contributed by atoms with E-state index in [4.69, 9.17) is 14.5 Å². The quantitative estimate of drug-likeness (QED) is 0.513. The van der Waals surface area contributed by atoms with Crippen LogP contribution in [0.4, 0.5) is 0 Å². The molecule has 1 atom stereocenters. The number of methoxy groups -OCH3 is 1. The van der Waals surface area contributed by atoms with Gasteiger partial charge in [-0.15, -0.1) is 0 Å². The molecular formula is C29H33N3O3. The third-order valence-electron chi connectivity index (χ3n) is 7.41. The predicted octanol–water partition coefficient (Wildman–Crippen LogP) is 5.18. The summed E-state index contributed by atoms with van der Waals surface area (Å²) in [6.07, 6.45) is 5.09. The van der Waals surface area contributed by atoms with E-state index >= 15 is 0 Å². The topological polar surface area (TPSA) is 64.5 Å². The second kappa shape index (κ2) is 9.78. The van der Waals surface area contributed by atoms with Crippen LogP contribution in [0.2, 0.25) is 0 Å². The predicted molar refractivity (Wildman–Crippen MR) is 135 cm³/mol. The summed E-state index contributed by atoms with van der Waals surface area (Å²) in [6, 6.07) is 16.2. The molecule has 3 heterocycles. The fourth-order valence-electron chi connectivity index (χ4n) is 5.63. The molecule has 2 aliphatic rings. The second-order valence-electron chi connectivity index (χ2n) is 9.76. The first kappa shape index (κ1) is 23.5. The van der Waals surface area contributed by atoms with E-state index in [1.807, 2.05) is 30.3 Å². The van der Waals surface area contributed by atoms with Crippen molar-refractivity contribution in [3.63, 3.8) is 0 Å². The lowest BCUT2D eigenvalue weighted by atomic mass is 9.72. The summed E-state index contributed by atoms with van der Waals surface area (Å²) >= 11 is 0. The van der Waals surface area contributed by atoms with Gasteiger partial charge in [-0.25, -0.2) is 9.97 Å². The van der Waals surface area contributed by atoms with Crippen LogP contribution in [0.15, 0.2) is 54.7 Å². The largest absolute Gasteiger partial charge is 0.497 e. The molecule has 0 saturated carbocycles. The minimum absolute atomic E-state index is 0.0480. The maximum atomic E-state index is 14.4. The van der Waals surface area contributed by atoms with Crippen molar-refractivity contribution in [1.82, 2.24) is 14.9 Å². The van der Waals surface area contributed by atoms with Gasteiger partial charge >= 0.3 is 0 Å². The monoisotopic (exact) mass is 471 g/mol. The molecule has 0 bridgehead atoms. The van der Waals surface area contributed by atoms with Gasteiger partial charge in [0, 0.05) is 31.5 Å². The van der Waals surface area contributed by atoms with Crippen LogP contribution in [0, 0.1) is 13.8 Å². The zero-order chi connectivity index (χ0) is 24.4. The number of amides is 1. The molecule has 2 saturated heterocycles. The summed E-state index contributed by atoms with van der Waals surface area (Å²) in [5, 5.41) is 0. The van der Waals surface area contributed by atoms with E-state index in [1.165, 1.54) is 11.1 Å². The summed E-state index contributed by atoms with van der Waals surface area (Å²) in [4.78, 5) is 25.9. The number of hydrogen-bond acceptors (Lipinski definition) is 5. The molecule has 182 valence electrons.